The van der Waals surface area contributed by atoms with Crippen molar-refractivity contribution >= 4 is 17.3 Å². The van der Waals surface area contributed by atoms with E-state index in [0.29, 0.717) is 16.2 Å². The van der Waals surface area contributed by atoms with Crippen molar-refractivity contribution in [3.63, 3.8) is 0 Å². The Balaban J connectivity index is 1.83. The molecule has 0 radical (unpaired) electrons. The maximum atomic E-state index is 12.2. The molecule has 20 heavy (non-hydrogen) atoms. The molecule has 100 valence electrons. The molecule has 1 aliphatic carbocycles. The first-order valence-corrected chi connectivity index (χ1v) is 7.42. The smallest absolute Gasteiger partial charge is 0.353 e. The number of para-hydroxylation sites is 1. The van der Waals surface area contributed by atoms with Gasteiger partial charge in [0.15, 0.2) is 0 Å². The third kappa shape index (κ3) is 2.45. The zero-order valence-corrected chi connectivity index (χ0v) is 11.7. The molecule has 0 bridgehead atoms. The number of hydrogen-bond acceptors (Lipinski definition) is 4. The Hall–Kier alpha value is -2.12. The van der Waals surface area contributed by atoms with Crippen LogP contribution in [0, 0.1) is 11.3 Å². The van der Waals surface area contributed by atoms with Crippen molar-refractivity contribution in [1.29, 1.82) is 5.26 Å². The molecule has 0 fully saturated rings. The molecule has 1 aromatic heterocycles. The maximum Gasteiger partial charge on any atom is 0.353 e. The van der Waals surface area contributed by atoms with E-state index in [1.54, 1.807) is 24.3 Å². The number of thiophene rings is 1. The number of nitrogens with zero attached hydrogens (tertiary/aromatic N) is 1. The zero-order chi connectivity index (χ0) is 13.9. The third-order valence-electron chi connectivity index (χ3n) is 3.41. The number of carbonyl (C=O) groups is 1. The van der Waals surface area contributed by atoms with E-state index in [-0.39, 0.29) is 5.97 Å². The molecule has 1 heterocycles. The highest BCUT2D eigenvalue weighted by Crippen LogP contribution is 2.30. The fraction of sp³-hybridized carbons (Fsp3) is 0.250. The second-order valence-corrected chi connectivity index (χ2v) is 5.90. The molecule has 0 saturated heterocycles. The van der Waals surface area contributed by atoms with E-state index < -0.39 is 0 Å². The number of ether oxygens (including phenoxy) is 1. The lowest BCUT2D eigenvalue weighted by Gasteiger charge is -2.08. The predicted octanol–water partition coefficient (Wildman–Crippen LogP) is 3.72. The SMILES string of the molecule is N#Cc1ccccc1OC(=O)c1cc2c(s1)CCCC2. The van der Waals surface area contributed by atoms with Gasteiger partial charge in [-0.25, -0.2) is 4.79 Å². The van der Waals surface area contributed by atoms with Gasteiger partial charge in [-0.1, -0.05) is 12.1 Å². The first-order valence-electron chi connectivity index (χ1n) is 6.61. The van der Waals surface area contributed by atoms with Crippen molar-refractivity contribution in [1.82, 2.24) is 0 Å². The molecule has 4 heteroatoms. The molecular formula is C16H13NO2S. The van der Waals surface area contributed by atoms with Crippen LogP contribution in [0.1, 0.15) is 38.5 Å². The van der Waals surface area contributed by atoms with Crippen LogP contribution in [0.4, 0.5) is 0 Å². The lowest BCUT2D eigenvalue weighted by molar-refractivity contribution is 0.0739. The second kappa shape index (κ2) is 5.48. The van der Waals surface area contributed by atoms with E-state index in [1.165, 1.54) is 34.6 Å². The van der Waals surface area contributed by atoms with Gasteiger partial charge >= 0.3 is 5.97 Å². The number of benzene rings is 1. The Morgan fingerprint density at radius 1 is 1.25 bits per heavy atom. The fourth-order valence-corrected chi connectivity index (χ4v) is 3.52. The molecule has 0 unspecified atom stereocenters. The van der Waals surface area contributed by atoms with E-state index >= 15 is 0 Å². The Bertz CT molecular complexity index is 673. The molecule has 1 aromatic carbocycles. The summed E-state index contributed by atoms with van der Waals surface area (Å²) in [6, 6.07) is 10.8. The standard InChI is InChI=1S/C16H13NO2S/c17-10-12-6-1-3-7-13(12)19-16(18)15-9-11-5-2-4-8-14(11)20-15/h1,3,6-7,9H,2,4-5,8H2. The van der Waals surface area contributed by atoms with Gasteiger partial charge in [0.1, 0.15) is 16.7 Å². The average Bonchev–Trinajstić information content (AvgIpc) is 2.92. The molecular weight excluding hydrogens is 270 g/mol. The van der Waals surface area contributed by atoms with Gasteiger partial charge in [0, 0.05) is 4.88 Å². The summed E-state index contributed by atoms with van der Waals surface area (Å²) < 4.78 is 5.35. The summed E-state index contributed by atoms with van der Waals surface area (Å²) in [5, 5.41) is 9.00. The summed E-state index contributed by atoms with van der Waals surface area (Å²) in [6.07, 6.45) is 4.49. The van der Waals surface area contributed by atoms with Crippen molar-refractivity contribution in [3.8, 4) is 11.8 Å². The van der Waals surface area contributed by atoms with Gasteiger partial charge in [-0.3, -0.25) is 0 Å². The van der Waals surface area contributed by atoms with Gasteiger partial charge in [0.2, 0.25) is 0 Å². The van der Waals surface area contributed by atoms with Crippen molar-refractivity contribution in [2.45, 2.75) is 25.7 Å². The Labute approximate surface area is 121 Å². The Kier molecular flexibility index (Phi) is 3.53. The highest BCUT2D eigenvalue weighted by Gasteiger charge is 2.19. The molecule has 0 atom stereocenters. The summed E-state index contributed by atoms with van der Waals surface area (Å²) >= 11 is 1.52. The number of esters is 1. The Morgan fingerprint density at radius 3 is 2.85 bits per heavy atom. The predicted molar refractivity (Wildman–Crippen MR) is 77.1 cm³/mol. The lowest BCUT2D eigenvalue weighted by Crippen LogP contribution is -2.07. The maximum absolute atomic E-state index is 12.2. The molecule has 3 rings (SSSR count). The fourth-order valence-electron chi connectivity index (χ4n) is 2.39. The quantitative estimate of drug-likeness (QED) is 0.623. The molecule has 2 aromatic rings. The topological polar surface area (TPSA) is 50.1 Å². The number of carbonyl (C=O) groups excluding carboxylic acids is 1. The molecule has 0 N–H and O–H groups in total. The van der Waals surface area contributed by atoms with Crippen LogP contribution >= 0.6 is 11.3 Å². The largest absolute Gasteiger partial charge is 0.421 e. The minimum Gasteiger partial charge on any atom is -0.421 e. The number of aryl methyl sites for hydroxylation is 2. The summed E-state index contributed by atoms with van der Waals surface area (Å²) in [4.78, 5) is 14.1. The van der Waals surface area contributed by atoms with Crippen LogP contribution in [0.2, 0.25) is 0 Å². The van der Waals surface area contributed by atoms with Crippen LogP contribution < -0.4 is 4.74 Å². The van der Waals surface area contributed by atoms with E-state index in [2.05, 4.69) is 0 Å². The number of hydrogen-bond donors (Lipinski definition) is 0. The average molecular weight is 283 g/mol. The number of fused-ring (bicyclic) bond motifs is 1. The van der Waals surface area contributed by atoms with Crippen molar-refractivity contribution in [3.05, 3.63) is 51.2 Å². The van der Waals surface area contributed by atoms with Gasteiger partial charge in [-0.2, -0.15) is 5.26 Å². The minimum atomic E-state index is -0.368. The zero-order valence-electron chi connectivity index (χ0n) is 10.9. The third-order valence-corrected chi connectivity index (χ3v) is 4.63. The van der Waals surface area contributed by atoms with Gasteiger partial charge in [-0.05, 0) is 49.4 Å². The minimum absolute atomic E-state index is 0.325. The van der Waals surface area contributed by atoms with Crippen molar-refractivity contribution in [2.24, 2.45) is 0 Å². The van der Waals surface area contributed by atoms with Gasteiger partial charge in [0.05, 0.1) is 5.56 Å². The summed E-state index contributed by atoms with van der Waals surface area (Å²) in [7, 11) is 0. The van der Waals surface area contributed by atoms with Gasteiger partial charge in [-0.15, -0.1) is 11.3 Å². The van der Waals surface area contributed by atoms with Crippen LogP contribution in [0.3, 0.4) is 0 Å². The summed E-state index contributed by atoms with van der Waals surface area (Å²) in [5.41, 5.74) is 1.66. The van der Waals surface area contributed by atoms with Crippen LogP contribution in [-0.4, -0.2) is 5.97 Å². The molecule has 0 spiro atoms. The van der Waals surface area contributed by atoms with Crippen molar-refractivity contribution < 1.29 is 9.53 Å². The monoisotopic (exact) mass is 283 g/mol. The molecule has 0 saturated carbocycles. The molecule has 0 amide bonds. The second-order valence-electron chi connectivity index (χ2n) is 4.76. The van der Waals surface area contributed by atoms with Crippen LogP contribution in [0.15, 0.2) is 30.3 Å². The van der Waals surface area contributed by atoms with E-state index in [9.17, 15) is 4.79 Å². The van der Waals surface area contributed by atoms with Crippen LogP contribution in [0.25, 0.3) is 0 Å². The summed E-state index contributed by atoms with van der Waals surface area (Å²) in [5.74, 6) is -0.0431. The number of rotatable bonds is 2. The lowest BCUT2D eigenvalue weighted by atomic mass is 9.99. The van der Waals surface area contributed by atoms with E-state index in [0.717, 1.165) is 12.8 Å². The number of nitriles is 1. The Morgan fingerprint density at radius 2 is 2.05 bits per heavy atom. The summed E-state index contributed by atoms with van der Waals surface area (Å²) in [6.45, 7) is 0. The van der Waals surface area contributed by atoms with Crippen LogP contribution in [-0.2, 0) is 12.8 Å². The van der Waals surface area contributed by atoms with Gasteiger partial charge in [0.25, 0.3) is 0 Å². The highest BCUT2D eigenvalue weighted by atomic mass is 32.1. The first kappa shape index (κ1) is 12.9. The van der Waals surface area contributed by atoms with Crippen molar-refractivity contribution in [2.75, 3.05) is 0 Å². The van der Waals surface area contributed by atoms with E-state index in [4.69, 9.17) is 10.00 Å². The molecule has 1 aliphatic rings. The van der Waals surface area contributed by atoms with E-state index in [1.807, 2.05) is 12.1 Å². The molecule has 3 nitrogen and oxygen atoms in total. The molecule has 0 aliphatic heterocycles. The first-order chi connectivity index (χ1) is 9.78. The van der Waals surface area contributed by atoms with Crippen LogP contribution in [0.5, 0.6) is 5.75 Å². The van der Waals surface area contributed by atoms with Gasteiger partial charge < -0.3 is 4.74 Å². The normalized spacial score (nSPS) is 13.3. The highest BCUT2D eigenvalue weighted by molar-refractivity contribution is 7.14.